The minimum absolute atomic E-state index is 0.0795. The summed E-state index contributed by atoms with van der Waals surface area (Å²) in [7, 11) is 0. The lowest BCUT2D eigenvalue weighted by Gasteiger charge is -2.08. The highest BCUT2D eigenvalue weighted by Crippen LogP contribution is 2.37. The first-order valence-electron chi connectivity index (χ1n) is 8.31. The summed E-state index contributed by atoms with van der Waals surface area (Å²) in [6.07, 6.45) is 6.11. The van der Waals surface area contributed by atoms with Gasteiger partial charge < -0.3 is 5.32 Å². The molecule has 1 aromatic heterocycles. The van der Waals surface area contributed by atoms with Gasteiger partial charge in [-0.1, -0.05) is 24.4 Å². The van der Waals surface area contributed by atoms with Crippen LogP contribution in [0.25, 0.3) is 0 Å². The smallest absolute Gasteiger partial charge is 0.283 e. The molecule has 8 heteroatoms. The van der Waals surface area contributed by atoms with Gasteiger partial charge in [-0.25, -0.2) is 0 Å². The molecule has 1 aliphatic carbocycles. The van der Waals surface area contributed by atoms with E-state index in [4.69, 9.17) is 11.6 Å². The molecular formula is C18H16ClN3O3S. The molecule has 1 N–H and O–H groups in total. The predicted molar refractivity (Wildman–Crippen MR) is 101 cm³/mol. The second-order valence-corrected chi connectivity index (χ2v) is 7.65. The Morgan fingerprint density at radius 3 is 2.69 bits per heavy atom. The summed E-state index contributed by atoms with van der Waals surface area (Å²) in [5.74, 6) is -0.612. The van der Waals surface area contributed by atoms with Gasteiger partial charge in [-0.15, -0.1) is 11.3 Å². The third kappa shape index (κ3) is 3.71. The van der Waals surface area contributed by atoms with Crippen molar-refractivity contribution in [3.63, 3.8) is 0 Å². The summed E-state index contributed by atoms with van der Waals surface area (Å²) in [4.78, 5) is 24.3. The van der Waals surface area contributed by atoms with Crippen LogP contribution in [0.2, 0.25) is 5.02 Å². The van der Waals surface area contributed by atoms with Crippen molar-refractivity contribution in [2.24, 2.45) is 0 Å². The van der Waals surface area contributed by atoms with Crippen molar-refractivity contribution in [2.45, 2.75) is 38.5 Å². The topological polar surface area (TPSA) is 96.0 Å². The summed E-state index contributed by atoms with van der Waals surface area (Å²) in [6.45, 7) is 0. The summed E-state index contributed by atoms with van der Waals surface area (Å²) in [6, 6.07) is 6.10. The molecule has 0 unspecified atom stereocenters. The molecule has 0 radical (unpaired) electrons. The van der Waals surface area contributed by atoms with Gasteiger partial charge in [-0.2, -0.15) is 5.26 Å². The Hall–Kier alpha value is -2.43. The number of hydrogen-bond acceptors (Lipinski definition) is 5. The van der Waals surface area contributed by atoms with Crippen molar-refractivity contribution in [1.82, 2.24) is 0 Å². The average Bonchev–Trinajstić information content (AvgIpc) is 2.90. The summed E-state index contributed by atoms with van der Waals surface area (Å²) in [5, 5.41) is 24.1. The van der Waals surface area contributed by atoms with Gasteiger partial charge in [0.05, 0.1) is 10.5 Å². The van der Waals surface area contributed by atoms with Gasteiger partial charge in [0.2, 0.25) is 0 Å². The van der Waals surface area contributed by atoms with Crippen LogP contribution in [0.1, 0.15) is 52.0 Å². The van der Waals surface area contributed by atoms with Gasteiger partial charge in [0.15, 0.2) is 0 Å². The van der Waals surface area contributed by atoms with Crippen LogP contribution in [-0.2, 0) is 12.8 Å². The molecule has 0 saturated heterocycles. The van der Waals surface area contributed by atoms with Crippen LogP contribution in [0.5, 0.6) is 0 Å². The quantitative estimate of drug-likeness (QED) is 0.583. The molecule has 1 amide bonds. The van der Waals surface area contributed by atoms with Crippen molar-refractivity contribution in [2.75, 3.05) is 5.32 Å². The fourth-order valence-electron chi connectivity index (χ4n) is 3.14. The highest BCUT2D eigenvalue weighted by atomic mass is 35.5. The first-order chi connectivity index (χ1) is 12.5. The lowest BCUT2D eigenvalue weighted by Crippen LogP contribution is -2.14. The van der Waals surface area contributed by atoms with Crippen LogP contribution in [0, 0.1) is 21.4 Å². The van der Waals surface area contributed by atoms with Gasteiger partial charge in [-0.3, -0.25) is 14.9 Å². The number of amides is 1. The maximum Gasteiger partial charge on any atom is 0.283 e. The number of benzene rings is 1. The zero-order valence-electron chi connectivity index (χ0n) is 13.9. The monoisotopic (exact) mass is 389 g/mol. The summed E-state index contributed by atoms with van der Waals surface area (Å²) in [5.41, 5.74) is 1.06. The number of fused-ring (bicyclic) bond motifs is 1. The molecule has 0 saturated carbocycles. The molecule has 1 aliphatic rings. The van der Waals surface area contributed by atoms with E-state index >= 15 is 0 Å². The van der Waals surface area contributed by atoms with Crippen LogP contribution in [0.4, 0.5) is 10.7 Å². The lowest BCUT2D eigenvalue weighted by molar-refractivity contribution is -0.385. The molecular weight excluding hydrogens is 374 g/mol. The number of halogens is 1. The Morgan fingerprint density at radius 1 is 1.27 bits per heavy atom. The van der Waals surface area contributed by atoms with Crippen LogP contribution in [0.3, 0.4) is 0 Å². The highest BCUT2D eigenvalue weighted by Gasteiger charge is 2.24. The van der Waals surface area contributed by atoms with Crippen LogP contribution in [0.15, 0.2) is 18.2 Å². The van der Waals surface area contributed by atoms with E-state index in [2.05, 4.69) is 11.4 Å². The van der Waals surface area contributed by atoms with E-state index in [1.165, 1.54) is 23.5 Å². The third-order valence-corrected chi connectivity index (χ3v) is 5.85. The van der Waals surface area contributed by atoms with Gasteiger partial charge in [0.25, 0.3) is 11.6 Å². The van der Waals surface area contributed by atoms with Crippen molar-refractivity contribution in [3.05, 3.63) is 54.9 Å². The number of nitro groups is 1. The fraction of sp³-hybridized carbons (Fsp3) is 0.333. The van der Waals surface area contributed by atoms with Gasteiger partial charge in [0.1, 0.15) is 16.6 Å². The van der Waals surface area contributed by atoms with Crippen molar-refractivity contribution < 1.29 is 9.72 Å². The minimum atomic E-state index is -0.639. The minimum Gasteiger partial charge on any atom is -0.312 e. The Bertz CT molecular complexity index is 917. The number of nitro benzene ring substituents is 1. The number of hydrogen-bond donors (Lipinski definition) is 1. The van der Waals surface area contributed by atoms with E-state index in [1.807, 2.05) is 0 Å². The van der Waals surface area contributed by atoms with Crippen molar-refractivity contribution in [1.29, 1.82) is 5.26 Å². The normalized spacial score (nSPS) is 13.8. The second kappa shape index (κ2) is 7.85. The second-order valence-electron chi connectivity index (χ2n) is 6.11. The molecule has 0 aliphatic heterocycles. The number of nitrogens with one attached hydrogen (secondary N) is 1. The number of thiophene rings is 1. The predicted octanol–water partition coefficient (Wildman–Crippen LogP) is 5.09. The number of nitriles is 1. The maximum atomic E-state index is 12.6. The molecule has 0 bridgehead atoms. The number of anilines is 1. The Balaban J connectivity index is 1.94. The molecule has 134 valence electrons. The first kappa shape index (κ1) is 18.4. The number of carbonyl (C=O) groups excluding carboxylic acids is 1. The molecule has 2 aromatic rings. The summed E-state index contributed by atoms with van der Waals surface area (Å²) >= 11 is 7.20. The van der Waals surface area contributed by atoms with E-state index in [0.717, 1.165) is 55.0 Å². The molecule has 1 aromatic carbocycles. The molecule has 6 nitrogen and oxygen atoms in total. The Kier molecular flexibility index (Phi) is 5.55. The molecule has 0 spiro atoms. The average molecular weight is 390 g/mol. The van der Waals surface area contributed by atoms with E-state index < -0.39 is 10.8 Å². The zero-order chi connectivity index (χ0) is 18.7. The van der Waals surface area contributed by atoms with E-state index in [-0.39, 0.29) is 16.3 Å². The van der Waals surface area contributed by atoms with Gasteiger partial charge >= 0.3 is 0 Å². The molecule has 0 fully saturated rings. The zero-order valence-corrected chi connectivity index (χ0v) is 15.5. The molecule has 26 heavy (non-hydrogen) atoms. The van der Waals surface area contributed by atoms with Gasteiger partial charge in [-0.05, 0) is 43.4 Å². The molecule has 0 atom stereocenters. The number of aryl methyl sites for hydroxylation is 1. The summed E-state index contributed by atoms with van der Waals surface area (Å²) < 4.78 is 0. The highest BCUT2D eigenvalue weighted by molar-refractivity contribution is 7.16. The Morgan fingerprint density at radius 2 is 2.00 bits per heavy atom. The van der Waals surface area contributed by atoms with Crippen LogP contribution >= 0.6 is 22.9 Å². The van der Waals surface area contributed by atoms with Gasteiger partial charge in [0, 0.05) is 16.0 Å². The largest absolute Gasteiger partial charge is 0.312 e. The van der Waals surface area contributed by atoms with Crippen molar-refractivity contribution >= 4 is 39.5 Å². The number of nitrogens with zero attached hydrogens (tertiary/aromatic N) is 2. The van der Waals surface area contributed by atoms with E-state index in [1.54, 1.807) is 0 Å². The third-order valence-electron chi connectivity index (χ3n) is 4.41. The molecule has 1 heterocycles. The van der Waals surface area contributed by atoms with E-state index in [9.17, 15) is 20.2 Å². The molecule has 3 rings (SSSR count). The standard InChI is InChI=1S/C18H16ClN3O3S/c19-11-7-8-13(15(9-11)22(24)25)17(23)21-18-14(10-20)12-5-3-1-2-4-6-16(12)26-18/h7-9H,1-6H2,(H,21,23). The van der Waals surface area contributed by atoms with E-state index in [0.29, 0.717) is 10.6 Å². The van der Waals surface area contributed by atoms with Crippen LogP contribution in [-0.4, -0.2) is 10.8 Å². The van der Waals surface area contributed by atoms with Crippen LogP contribution < -0.4 is 5.32 Å². The number of rotatable bonds is 3. The first-order valence-corrected chi connectivity index (χ1v) is 9.50. The van der Waals surface area contributed by atoms with Crippen molar-refractivity contribution in [3.8, 4) is 6.07 Å². The lowest BCUT2D eigenvalue weighted by atomic mass is 9.97. The maximum absolute atomic E-state index is 12.6. The Labute approximate surface area is 159 Å². The number of carbonyl (C=O) groups is 1. The SMILES string of the molecule is N#Cc1c(NC(=O)c2ccc(Cl)cc2[N+](=O)[O-])sc2c1CCCCCC2. The fourth-order valence-corrected chi connectivity index (χ4v) is 4.55.